The normalized spacial score (nSPS) is 22.8. The number of aromatic nitrogens is 1. The highest BCUT2D eigenvalue weighted by atomic mass is 16.2. The van der Waals surface area contributed by atoms with Crippen molar-refractivity contribution in [3.8, 4) is 0 Å². The summed E-state index contributed by atoms with van der Waals surface area (Å²) in [7, 11) is 0. The van der Waals surface area contributed by atoms with E-state index in [0.29, 0.717) is 18.9 Å². The van der Waals surface area contributed by atoms with Crippen LogP contribution in [-0.2, 0) is 16.1 Å². The number of rotatable bonds is 5. The van der Waals surface area contributed by atoms with Gasteiger partial charge in [0.15, 0.2) is 0 Å². The Balaban J connectivity index is 1.29. The fraction of sp³-hybridized carbons (Fsp3) is 0.696. The number of hydrogen-bond donors (Lipinski definition) is 0. The van der Waals surface area contributed by atoms with Crippen molar-refractivity contribution in [2.24, 2.45) is 11.3 Å². The van der Waals surface area contributed by atoms with Crippen LogP contribution >= 0.6 is 0 Å². The summed E-state index contributed by atoms with van der Waals surface area (Å²) in [5, 5.41) is 0. The quantitative estimate of drug-likeness (QED) is 0.777. The molecule has 2 amide bonds. The lowest BCUT2D eigenvalue weighted by Crippen LogP contribution is -2.52. The Morgan fingerprint density at radius 1 is 1.11 bits per heavy atom. The van der Waals surface area contributed by atoms with E-state index in [1.165, 1.54) is 25.7 Å². The van der Waals surface area contributed by atoms with Crippen molar-refractivity contribution in [3.05, 3.63) is 30.1 Å². The van der Waals surface area contributed by atoms with Crippen LogP contribution in [0.2, 0.25) is 0 Å². The highest BCUT2D eigenvalue weighted by molar-refractivity contribution is 5.77. The maximum absolute atomic E-state index is 12.6. The number of carbonyl (C=O) groups is 2. The predicted molar refractivity (Wildman–Crippen MR) is 108 cm³/mol. The Morgan fingerprint density at radius 3 is 2.54 bits per heavy atom. The molecular weight excluding hydrogens is 350 g/mol. The third-order valence-corrected chi connectivity index (χ3v) is 7.29. The summed E-state index contributed by atoms with van der Waals surface area (Å²) in [6, 6.07) is 3.97. The minimum Gasteiger partial charge on any atom is -0.343 e. The van der Waals surface area contributed by atoms with Gasteiger partial charge in [-0.15, -0.1) is 0 Å². The summed E-state index contributed by atoms with van der Waals surface area (Å²) in [6.07, 6.45) is 14.4. The van der Waals surface area contributed by atoms with Crippen LogP contribution in [0.3, 0.4) is 0 Å². The molecule has 0 bridgehead atoms. The molecule has 0 atom stereocenters. The molecule has 1 aromatic heterocycles. The van der Waals surface area contributed by atoms with Gasteiger partial charge in [-0.2, -0.15) is 0 Å². The van der Waals surface area contributed by atoms with Gasteiger partial charge in [0.25, 0.3) is 0 Å². The minimum absolute atomic E-state index is 0.198. The maximum atomic E-state index is 12.6. The lowest BCUT2D eigenvalue weighted by Gasteiger charge is -2.47. The van der Waals surface area contributed by atoms with Crippen molar-refractivity contribution < 1.29 is 9.59 Å². The van der Waals surface area contributed by atoms with Crippen molar-refractivity contribution in [1.82, 2.24) is 14.8 Å². The molecule has 3 fully saturated rings. The van der Waals surface area contributed by atoms with Crippen LogP contribution in [0.1, 0.15) is 69.8 Å². The van der Waals surface area contributed by atoms with Crippen LogP contribution in [0.15, 0.2) is 24.5 Å². The molecule has 0 N–H and O–H groups in total. The van der Waals surface area contributed by atoms with E-state index < -0.39 is 0 Å². The Hall–Kier alpha value is -1.91. The molecular formula is C23H33N3O2. The topological polar surface area (TPSA) is 53.5 Å². The van der Waals surface area contributed by atoms with E-state index >= 15 is 0 Å². The van der Waals surface area contributed by atoms with Gasteiger partial charge in [-0.3, -0.25) is 14.6 Å². The van der Waals surface area contributed by atoms with Gasteiger partial charge in [-0.1, -0.05) is 25.7 Å². The molecule has 5 heteroatoms. The highest BCUT2D eigenvalue weighted by Gasteiger charge is 2.41. The van der Waals surface area contributed by atoms with Gasteiger partial charge in [0.05, 0.1) is 0 Å². The number of pyridine rings is 1. The third-order valence-electron chi connectivity index (χ3n) is 7.29. The molecule has 0 radical (unpaired) electrons. The zero-order valence-electron chi connectivity index (χ0n) is 16.9. The summed E-state index contributed by atoms with van der Waals surface area (Å²) in [5.41, 5.74) is 1.34. The van der Waals surface area contributed by atoms with E-state index in [-0.39, 0.29) is 11.3 Å². The van der Waals surface area contributed by atoms with Crippen molar-refractivity contribution >= 4 is 11.8 Å². The second-order valence-corrected chi connectivity index (χ2v) is 9.18. The number of piperidine rings is 2. The standard InChI is InChI=1S/C23H33N3O2/c27-21(6-5-19-3-1-2-4-19)25-15-11-23(12-16-25)10-7-22(28)26(18-23)17-20-8-13-24-14-9-20/h8-9,13-14,19H,1-7,10-12,15-18H2. The van der Waals surface area contributed by atoms with Crippen LogP contribution < -0.4 is 0 Å². The number of carbonyl (C=O) groups excluding carboxylic acids is 2. The van der Waals surface area contributed by atoms with Crippen LogP contribution in [-0.4, -0.2) is 46.2 Å². The summed E-state index contributed by atoms with van der Waals surface area (Å²) >= 11 is 0. The molecule has 1 aliphatic carbocycles. The molecule has 0 unspecified atom stereocenters. The zero-order chi connectivity index (χ0) is 19.4. The first-order valence-electron chi connectivity index (χ1n) is 11.1. The summed E-state index contributed by atoms with van der Waals surface area (Å²) in [6.45, 7) is 3.23. The minimum atomic E-state index is 0.198. The van der Waals surface area contributed by atoms with Gasteiger partial charge < -0.3 is 9.80 Å². The van der Waals surface area contributed by atoms with Crippen molar-refractivity contribution in [3.63, 3.8) is 0 Å². The number of hydrogen-bond acceptors (Lipinski definition) is 3. The van der Waals surface area contributed by atoms with E-state index in [4.69, 9.17) is 0 Å². The molecule has 3 aliphatic rings. The molecule has 152 valence electrons. The average Bonchev–Trinajstić information content (AvgIpc) is 3.24. The van der Waals surface area contributed by atoms with E-state index in [9.17, 15) is 9.59 Å². The van der Waals surface area contributed by atoms with Gasteiger partial charge in [-0.05, 0) is 54.7 Å². The molecule has 1 aromatic rings. The smallest absolute Gasteiger partial charge is 0.222 e. The first-order valence-corrected chi connectivity index (χ1v) is 11.1. The van der Waals surface area contributed by atoms with E-state index in [0.717, 1.165) is 63.2 Å². The van der Waals surface area contributed by atoms with Crippen molar-refractivity contribution in [2.45, 2.75) is 70.8 Å². The monoisotopic (exact) mass is 383 g/mol. The highest BCUT2D eigenvalue weighted by Crippen LogP contribution is 2.41. The predicted octanol–water partition coefficient (Wildman–Crippen LogP) is 3.78. The van der Waals surface area contributed by atoms with E-state index in [2.05, 4.69) is 9.88 Å². The molecule has 2 saturated heterocycles. The summed E-state index contributed by atoms with van der Waals surface area (Å²) < 4.78 is 0. The average molecular weight is 384 g/mol. The van der Waals surface area contributed by atoms with Crippen LogP contribution in [0, 0.1) is 11.3 Å². The number of amides is 2. The molecule has 1 saturated carbocycles. The van der Waals surface area contributed by atoms with Crippen molar-refractivity contribution in [1.29, 1.82) is 0 Å². The fourth-order valence-corrected chi connectivity index (χ4v) is 5.38. The maximum Gasteiger partial charge on any atom is 0.222 e. The van der Waals surface area contributed by atoms with Gasteiger partial charge in [0, 0.05) is 51.4 Å². The third kappa shape index (κ3) is 4.56. The summed E-state index contributed by atoms with van der Waals surface area (Å²) in [5.74, 6) is 1.39. The molecule has 4 rings (SSSR count). The molecule has 0 aromatic carbocycles. The van der Waals surface area contributed by atoms with Gasteiger partial charge in [0.1, 0.15) is 0 Å². The Kier molecular flexibility index (Phi) is 5.98. The number of likely N-dealkylation sites (tertiary alicyclic amines) is 2. The van der Waals surface area contributed by atoms with Crippen LogP contribution in [0.5, 0.6) is 0 Å². The second-order valence-electron chi connectivity index (χ2n) is 9.18. The Bertz CT molecular complexity index is 676. The molecule has 5 nitrogen and oxygen atoms in total. The molecule has 1 spiro atoms. The van der Waals surface area contributed by atoms with E-state index in [1.807, 2.05) is 17.0 Å². The van der Waals surface area contributed by atoms with Gasteiger partial charge >= 0.3 is 0 Å². The lowest BCUT2D eigenvalue weighted by atomic mass is 9.72. The largest absolute Gasteiger partial charge is 0.343 e. The summed E-state index contributed by atoms with van der Waals surface area (Å²) in [4.78, 5) is 33.3. The van der Waals surface area contributed by atoms with Crippen LogP contribution in [0.25, 0.3) is 0 Å². The van der Waals surface area contributed by atoms with Crippen LogP contribution in [0.4, 0.5) is 0 Å². The number of nitrogens with zero attached hydrogens (tertiary/aromatic N) is 3. The van der Waals surface area contributed by atoms with Gasteiger partial charge in [-0.25, -0.2) is 0 Å². The second kappa shape index (κ2) is 8.62. The SMILES string of the molecule is O=C(CCC1CCCC1)N1CCC2(CCC(=O)N(Cc3ccncc3)C2)CC1. The first-order chi connectivity index (χ1) is 13.6. The Labute approximate surface area is 168 Å². The van der Waals surface area contributed by atoms with Crippen molar-refractivity contribution in [2.75, 3.05) is 19.6 Å². The fourth-order valence-electron chi connectivity index (χ4n) is 5.38. The molecule has 28 heavy (non-hydrogen) atoms. The molecule has 2 aliphatic heterocycles. The lowest BCUT2D eigenvalue weighted by molar-refractivity contribution is -0.143. The zero-order valence-corrected chi connectivity index (χ0v) is 16.9. The van der Waals surface area contributed by atoms with Gasteiger partial charge in [0.2, 0.25) is 11.8 Å². The van der Waals surface area contributed by atoms with E-state index in [1.54, 1.807) is 12.4 Å². The Morgan fingerprint density at radius 2 is 1.82 bits per heavy atom. The molecule has 3 heterocycles. The first kappa shape index (κ1) is 19.4.